The number of nitrogens with zero attached hydrogens (tertiary/aromatic N) is 2. The Morgan fingerprint density at radius 2 is 1.65 bits per heavy atom. The highest BCUT2D eigenvalue weighted by atomic mass is 32.2. The van der Waals surface area contributed by atoms with E-state index in [4.69, 9.17) is 4.74 Å². The van der Waals surface area contributed by atoms with Gasteiger partial charge in [-0.25, -0.2) is 8.42 Å². The molecule has 0 aromatic heterocycles. The van der Waals surface area contributed by atoms with Gasteiger partial charge in [0.25, 0.3) is 0 Å². The fourth-order valence-corrected chi connectivity index (χ4v) is 6.42. The molecule has 0 spiro atoms. The minimum absolute atomic E-state index is 0.101. The molecule has 1 N–H and O–H groups in total. The van der Waals surface area contributed by atoms with E-state index in [1.54, 1.807) is 37.4 Å². The number of sulfonamides is 1. The quantitative estimate of drug-likeness (QED) is 0.363. The molecule has 1 aliphatic carbocycles. The molecule has 214 valence electrons. The molecule has 0 saturated heterocycles. The van der Waals surface area contributed by atoms with Crippen LogP contribution in [-0.2, 0) is 26.2 Å². The average Bonchev–Trinajstić information content (AvgIpc) is 2.97. The van der Waals surface area contributed by atoms with Crippen LogP contribution in [-0.4, -0.2) is 62.2 Å². The molecular weight excluding hydrogens is 526 g/mol. The summed E-state index contributed by atoms with van der Waals surface area (Å²) in [5.41, 5.74) is 0.818. The van der Waals surface area contributed by atoms with Crippen LogP contribution in [0.1, 0.15) is 51.0 Å². The zero-order valence-corrected chi connectivity index (χ0v) is 24.3. The van der Waals surface area contributed by atoms with Crippen LogP contribution in [0.25, 0.3) is 10.8 Å². The molecule has 1 atom stereocenters. The van der Waals surface area contributed by atoms with Crippen LogP contribution in [0.3, 0.4) is 0 Å². The first kappa shape index (κ1) is 29.6. The van der Waals surface area contributed by atoms with Crippen molar-refractivity contribution in [2.75, 3.05) is 20.7 Å². The molecule has 0 radical (unpaired) electrons. The number of amides is 2. The molecule has 0 aliphatic heterocycles. The van der Waals surface area contributed by atoms with Gasteiger partial charge in [-0.2, -0.15) is 4.31 Å². The van der Waals surface area contributed by atoms with Gasteiger partial charge in [0, 0.05) is 19.6 Å². The Morgan fingerprint density at radius 1 is 0.975 bits per heavy atom. The minimum atomic E-state index is -3.95. The third kappa shape index (κ3) is 7.01. The molecule has 0 unspecified atom stereocenters. The van der Waals surface area contributed by atoms with E-state index in [2.05, 4.69) is 5.32 Å². The van der Waals surface area contributed by atoms with Gasteiger partial charge in [0.05, 0.1) is 18.6 Å². The van der Waals surface area contributed by atoms with Crippen molar-refractivity contribution in [3.8, 4) is 5.75 Å². The number of hydrogen-bond acceptors (Lipinski definition) is 5. The summed E-state index contributed by atoms with van der Waals surface area (Å²) in [7, 11) is -0.965. The number of rotatable bonds is 11. The Morgan fingerprint density at radius 3 is 2.30 bits per heavy atom. The van der Waals surface area contributed by atoms with Crippen molar-refractivity contribution in [1.82, 2.24) is 14.5 Å². The fraction of sp³-hybridized carbons (Fsp3) is 0.419. The van der Waals surface area contributed by atoms with Gasteiger partial charge in [-0.3, -0.25) is 9.59 Å². The second kappa shape index (κ2) is 13.3. The number of nitrogens with one attached hydrogen (secondary N) is 1. The maximum Gasteiger partial charge on any atom is 0.243 e. The lowest BCUT2D eigenvalue weighted by Gasteiger charge is -2.33. The maximum absolute atomic E-state index is 13.8. The lowest BCUT2D eigenvalue weighted by atomic mass is 9.95. The van der Waals surface area contributed by atoms with Gasteiger partial charge in [-0.1, -0.05) is 68.7 Å². The van der Waals surface area contributed by atoms with Crippen molar-refractivity contribution < 1.29 is 22.7 Å². The second-order valence-corrected chi connectivity index (χ2v) is 12.5. The first-order valence-corrected chi connectivity index (χ1v) is 15.3. The molecule has 8 nitrogen and oxygen atoms in total. The van der Waals surface area contributed by atoms with Crippen LogP contribution in [0.4, 0.5) is 0 Å². The molecule has 0 heterocycles. The summed E-state index contributed by atoms with van der Waals surface area (Å²) in [5.74, 6) is 0.0505. The van der Waals surface area contributed by atoms with Gasteiger partial charge >= 0.3 is 0 Å². The number of likely N-dealkylation sites (N-methyl/N-ethyl adjacent to an activating group) is 1. The zero-order valence-electron chi connectivity index (χ0n) is 23.5. The van der Waals surface area contributed by atoms with Crippen LogP contribution in [0.5, 0.6) is 5.75 Å². The van der Waals surface area contributed by atoms with Crippen molar-refractivity contribution in [3.05, 3.63) is 72.3 Å². The summed E-state index contributed by atoms with van der Waals surface area (Å²) >= 11 is 0. The highest BCUT2D eigenvalue weighted by molar-refractivity contribution is 7.89. The van der Waals surface area contributed by atoms with E-state index in [0.717, 1.165) is 46.3 Å². The third-order valence-corrected chi connectivity index (χ3v) is 9.44. The highest BCUT2D eigenvalue weighted by Gasteiger charge is 2.33. The molecule has 3 aromatic rings. The number of benzene rings is 3. The number of ether oxygens (including phenoxy) is 1. The van der Waals surface area contributed by atoms with Crippen molar-refractivity contribution >= 4 is 32.6 Å². The standard InChI is InChI=1S/C31H39N3O5S/c1-4-29(31(36)32-26-12-6-5-7-13-26)34(21-23-14-17-27(39-3)18-15-23)30(35)22-33(2)40(37,38)28-19-16-24-10-8-9-11-25(24)20-28/h8-11,14-20,26,29H,4-7,12-13,21-22H2,1-3H3,(H,32,36)/t29-/m0/s1. The number of carbonyl (C=O) groups excluding carboxylic acids is 2. The van der Waals surface area contributed by atoms with Crippen LogP contribution in [0, 0.1) is 0 Å². The van der Waals surface area contributed by atoms with Gasteiger partial charge < -0.3 is 15.0 Å². The summed E-state index contributed by atoms with van der Waals surface area (Å²) in [4.78, 5) is 28.9. The monoisotopic (exact) mass is 565 g/mol. The van der Waals surface area contributed by atoms with E-state index >= 15 is 0 Å². The van der Waals surface area contributed by atoms with Crippen molar-refractivity contribution in [1.29, 1.82) is 0 Å². The van der Waals surface area contributed by atoms with E-state index in [1.165, 1.54) is 18.4 Å². The number of hydrogen-bond donors (Lipinski definition) is 1. The topological polar surface area (TPSA) is 96.0 Å². The molecule has 40 heavy (non-hydrogen) atoms. The van der Waals surface area contributed by atoms with E-state index in [1.807, 2.05) is 43.3 Å². The maximum atomic E-state index is 13.8. The Kier molecular flexibility index (Phi) is 9.81. The third-order valence-electron chi connectivity index (χ3n) is 7.64. The summed E-state index contributed by atoms with van der Waals surface area (Å²) in [6, 6.07) is 19.1. The SMILES string of the molecule is CC[C@@H](C(=O)NC1CCCCC1)N(Cc1ccc(OC)cc1)C(=O)CN(C)S(=O)(=O)c1ccc2ccccc2c1. The largest absolute Gasteiger partial charge is 0.497 e. The summed E-state index contributed by atoms with van der Waals surface area (Å²) in [5, 5.41) is 4.88. The Bertz CT molecular complexity index is 1420. The van der Waals surface area contributed by atoms with E-state index in [0.29, 0.717) is 12.2 Å². The van der Waals surface area contributed by atoms with Crippen molar-refractivity contribution in [2.24, 2.45) is 0 Å². The smallest absolute Gasteiger partial charge is 0.243 e. The molecule has 1 aliphatic rings. The van der Waals surface area contributed by atoms with Gasteiger partial charge in [-0.15, -0.1) is 0 Å². The molecule has 0 bridgehead atoms. The van der Waals surface area contributed by atoms with Crippen molar-refractivity contribution in [2.45, 2.75) is 69.0 Å². The fourth-order valence-electron chi connectivity index (χ4n) is 5.27. The number of methoxy groups -OCH3 is 1. The molecule has 3 aromatic carbocycles. The van der Waals surface area contributed by atoms with Crippen molar-refractivity contribution in [3.63, 3.8) is 0 Å². The van der Waals surface area contributed by atoms with Crippen LogP contribution >= 0.6 is 0 Å². The summed E-state index contributed by atoms with van der Waals surface area (Å²) < 4.78 is 33.2. The summed E-state index contributed by atoms with van der Waals surface area (Å²) in [6.45, 7) is 1.65. The van der Waals surface area contributed by atoms with Crippen LogP contribution < -0.4 is 10.1 Å². The second-order valence-electron chi connectivity index (χ2n) is 10.4. The van der Waals surface area contributed by atoms with Gasteiger partial charge in [-0.05, 0) is 59.9 Å². The Labute approximate surface area is 237 Å². The lowest BCUT2D eigenvalue weighted by molar-refractivity contribution is -0.141. The normalized spacial score (nSPS) is 15.1. The molecule has 1 fully saturated rings. The average molecular weight is 566 g/mol. The molecule has 4 rings (SSSR count). The minimum Gasteiger partial charge on any atom is -0.497 e. The van der Waals surface area contributed by atoms with Gasteiger partial charge in [0.2, 0.25) is 21.8 Å². The Hall–Kier alpha value is -3.43. The van der Waals surface area contributed by atoms with Gasteiger partial charge in [0.15, 0.2) is 0 Å². The molecule has 1 saturated carbocycles. The van der Waals surface area contributed by atoms with Crippen LogP contribution in [0.15, 0.2) is 71.6 Å². The molecule has 9 heteroatoms. The predicted octanol–water partition coefficient (Wildman–Crippen LogP) is 4.73. The number of carbonyl (C=O) groups is 2. The highest BCUT2D eigenvalue weighted by Crippen LogP contribution is 2.23. The van der Waals surface area contributed by atoms with E-state index in [9.17, 15) is 18.0 Å². The van der Waals surface area contributed by atoms with Crippen LogP contribution in [0.2, 0.25) is 0 Å². The molecular formula is C31H39N3O5S. The first-order chi connectivity index (χ1) is 19.2. The first-order valence-electron chi connectivity index (χ1n) is 13.9. The van der Waals surface area contributed by atoms with E-state index in [-0.39, 0.29) is 23.4 Å². The van der Waals surface area contributed by atoms with E-state index < -0.39 is 28.5 Å². The predicted molar refractivity (Wildman–Crippen MR) is 156 cm³/mol. The summed E-state index contributed by atoms with van der Waals surface area (Å²) in [6.07, 6.45) is 5.59. The Balaban J connectivity index is 1.57. The zero-order chi connectivity index (χ0) is 28.7. The lowest BCUT2D eigenvalue weighted by Crippen LogP contribution is -2.53. The number of fused-ring (bicyclic) bond motifs is 1. The molecule has 2 amide bonds. The van der Waals surface area contributed by atoms with Gasteiger partial charge in [0.1, 0.15) is 11.8 Å².